The molecule has 0 fully saturated rings. The molecule has 0 aliphatic rings. The van der Waals surface area contributed by atoms with Crippen LogP contribution in [0.1, 0.15) is 12.0 Å². The van der Waals surface area contributed by atoms with Crippen molar-refractivity contribution in [2.75, 3.05) is 58.9 Å². The Morgan fingerprint density at radius 3 is 2.62 bits per heavy atom. The van der Waals surface area contributed by atoms with Crippen molar-refractivity contribution in [3.8, 4) is 0 Å². The van der Waals surface area contributed by atoms with Crippen LogP contribution in [0, 0.1) is 0 Å². The third kappa shape index (κ3) is 8.86. The topological polar surface area (TPSA) is 79.8 Å². The van der Waals surface area contributed by atoms with Gasteiger partial charge in [-0.1, -0.05) is 0 Å². The fourth-order valence-electron chi connectivity index (χ4n) is 1.98. The number of aliphatic imine (C=N–C) groups is 1. The van der Waals surface area contributed by atoms with Gasteiger partial charge >= 0.3 is 6.18 Å². The molecular formula is C16H26F3N5O2. The van der Waals surface area contributed by atoms with E-state index in [0.29, 0.717) is 38.9 Å². The molecular weight excluding hydrogens is 351 g/mol. The number of alkyl halides is 3. The van der Waals surface area contributed by atoms with Crippen LogP contribution in [0.2, 0.25) is 0 Å². The second kappa shape index (κ2) is 12.3. The van der Waals surface area contributed by atoms with Crippen LogP contribution in [0.25, 0.3) is 0 Å². The van der Waals surface area contributed by atoms with Crippen molar-refractivity contribution in [3.05, 3.63) is 23.9 Å². The monoisotopic (exact) mass is 377 g/mol. The summed E-state index contributed by atoms with van der Waals surface area (Å²) in [6.45, 7) is 3.05. The second-order valence-corrected chi connectivity index (χ2v) is 5.21. The predicted molar refractivity (Wildman–Crippen MR) is 94.4 cm³/mol. The lowest BCUT2D eigenvalue weighted by Crippen LogP contribution is -2.40. The van der Waals surface area contributed by atoms with Crippen LogP contribution in [0.3, 0.4) is 0 Å². The molecule has 1 rings (SSSR count). The van der Waals surface area contributed by atoms with Crippen molar-refractivity contribution in [2.24, 2.45) is 4.99 Å². The van der Waals surface area contributed by atoms with Crippen LogP contribution in [0.5, 0.6) is 0 Å². The van der Waals surface area contributed by atoms with Crippen molar-refractivity contribution < 1.29 is 22.6 Å². The van der Waals surface area contributed by atoms with Crippen LogP contribution in [0.15, 0.2) is 23.3 Å². The number of pyridine rings is 1. The van der Waals surface area contributed by atoms with Gasteiger partial charge in [0.15, 0.2) is 5.96 Å². The molecule has 10 heteroatoms. The number of nitrogens with zero attached hydrogens (tertiary/aromatic N) is 2. The average Bonchev–Trinajstić information content (AvgIpc) is 2.62. The Hall–Kier alpha value is -2.07. The molecule has 0 saturated heterocycles. The van der Waals surface area contributed by atoms with Gasteiger partial charge in [0, 0.05) is 46.6 Å². The van der Waals surface area contributed by atoms with Gasteiger partial charge in [-0.05, 0) is 18.6 Å². The molecule has 0 saturated carbocycles. The fraction of sp³-hybridized carbons (Fsp3) is 0.625. The fourth-order valence-corrected chi connectivity index (χ4v) is 1.98. The van der Waals surface area contributed by atoms with Gasteiger partial charge in [0.25, 0.3) is 0 Å². The number of anilines is 1. The van der Waals surface area contributed by atoms with Gasteiger partial charge in [-0.2, -0.15) is 13.2 Å². The summed E-state index contributed by atoms with van der Waals surface area (Å²) < 4.78 is 48.8. The minimum absolute atomic E-state index is 0.182. The molecule has 0 spiro atoms. The predicted octanol–water partition coefficient (Wildman–Crippen LogP) is 1.73. The Kier molecular flexibility index (Phi) is 10.4. The average molecular weight is 377 g/mol. The molecule has 148 valence electrons. The minimum atomic E-state index is -4.44. The molecule has 0 radical (unpaired) electrons. The van der Waals surface area contributed by atoms with E-state index >= 15 is 0 Å². The highest BCUT2D eigenvalue weighted by Crippen LogP contribution is 2.33. The molecule has 7 nitrogen and oxygen atoms in total. The molecule has 0 aliphatic heterocycles. The molecule has 3 N–H and O–H groups in total. The zero-order valence-electron chi connectivity index (χ0n) is 15.0. The largest absolute Gasteiger partial charge is 0.419 e. The van der Waals surface area contributed by atoms with E-state index in [4.69, 9.17) is 9.47 Å². The van der Waals surface area contributed by atoms with Gasteiger partial charge in [-0.25, -0.2) is 4.98 Å². The Labute approximate surface area is 151 Å². The van der Waals surface area contributed by atoms with Crippen molar-refractivity contribution >= 4 is 11.8 Å². The molecule has 1 aromatic rings. The molecule has 0 atom stereocenters. The molecule has 1 heterocycles. The van der Waals surface area contributed by atoms with Crippen molar-refractivity contribution in [1.82, 2.24) is 15.6 Å². The van der Waals surface area contributed by atoms with E-state index in [2.05, 4.69) is 25.9 Å². The molecule has 1 aromatic heterocycles. The Morgan fingerprint density at radius 1 is 1.15 bits per heavy atom. The number of methoxy groups -OCH3 is 1. The Morgan fingerprint density at radius 2 is 1.92 bits per heavy atom. The van der Waals surface area contributed by atoms with Crippen LogP contribution in [0.4, 0.5) is 19.0 Å². The van der Waals surface area contributed by atoms with Crippen LogP contribution < -0.4 is 16.0 Å². The SMILES string of the molecule is CN=C(NCCCOCCOC)NCCNc1ncccc1C(F)(F)F. The van der Waals surface area contributed by atoms with Crippen molar-refractivity contribution in [3.63, 3.8) is 0 Å². The lowest BCUT2D eigenvalue weighted by Gasteiger charge is -2.15. The lowest BCUT2D eigenvalue weighted by atomic mass is 10.2. The maximum atomic E-state index is 12.9. The number of halogens is 3. The number of nitrogens with one attached hydrogen (secondary N) is 3. The molecule has 0 aromatic carbocycles. The zero-order valence-corrected chi connectivity index (χ0v) is 15.0. The first-order valence-electron chi connectivity index (χ1n) is 8.26. The van der Waals surface area contributed by atoms with E-state index < -0.39 is 11.7 Å². The molecule has 0 amide bonds. The summed E-state index contributed by atoms with van der Waals surface area (Å²) in [7, 11) is 3.24. The van der Waals surface area contributed by atoms with Gasteiger partial charge in [0.2, 0.25) is 0 Å². The van der Waals surface area contributed by atoms with Crippen LogP contribution in [-0.4, -0.2) is 64.6 Å². The lowest BCUT2D eigenvalue weighted by molar-refractivity contribution is -0.137. The third-order valence-corrected chi connectivity index (χ3v) is 3.24. The molecule has 0 bridgehead atoms. The van der Waals surface area contributed by atoms with E-state index in [-0.39, 0.29) is 12.4 Å². The first-order chi connectivity index (χ1) is 12.5. The number of guanidine groups is 1. The first-order valence-corrected chi connectivity index (χ1v) is 8.26. The van der Waals surface area contributed by atoms with Gasteiger partial charge in [-0.3, -0.25) is 4.99 Å². The smallest absolute Gasteiger partial charge is 0.382 e. The van der Waals surface area contributed by atoms with E-state index in [1.165, 1.54) is 12.3 Å². The molecule has 0 aliphatic carbocycles. The van der Waals surface area contributed by atoms with Gasteiger partial charge in [0.1, 0.15) is 5.82 Å². The van der Waals surface area contributed by atoms with Crippen molar-refractivity contribution in [1.29, 1.82) is 0 Å². The highest BCUT2D eigenvalue weighted by Gasteiger charge is 2.33. The quantitative estimate of drug-likeness (QED) is 0.310. The third-order valence-electron chi connectivity index (χ3n) is 3.24. The van der Waals surface area contributed by atoms with E-state index in [1.54, 1.807) is 14.2 Å². The normalized spacial score (nSPS) is 12.1. The molecule has 0 unspecified atom stereocenters. The minimum Gasteiger partial charge on any atom is -0.382 e. The summed E-state index contributed by atoms with van der Waals surface area (Å²) in [6, 6.07) is 2.26. The highest BCUT2D eigenvalue weighted by atomic mass is 19.4. The maximum absolute atomic E-state index is 12.9. The van der Waals surface area contributed by atoms with Gasteiger partial charge in [0.05, 0.1) is 18.8 Å². The number of hydrogen-bond acceptors (Lipinski definition) is 5. The second-order valence-electron chi connectivity index (χ2n) is 5.21. The Bertz CT molecular complexity index is 541. The highest BCUT2D eigenvalue weighted by molar-refractivity contribution is 5.79. The summed E-state index contributed by atoms with van der Waals surface area (Å²) in [4.78, 5) is 7.79. The zero-order chi connectivity index (χ0) is 19.3. The van der Waals surface area contributed by atoms with E-state index in [1.807, 2.05) is 0 Å². The summed E-state index contributed by atoms with van der Waals surface area (Å²) in [5, 5.41) is 8.80. The number of hydrogen-bond donors (Lipinski definition) is 3. The Balaban J connectivity index is 2.24. The van der Waals surface area contributed by atoms with E-state index in [0.717, 1.165) is 12.5 Å². The standard InChI is InChI=1S/C16H26F3N5O2/c1-20-15(23-7-4-10-26-12-11-25-2)24-9-8-22-14-13(16(17,18)19)5-3-6-21-14/h3,5-6H,4,7-12H2,1-2H3,(H,21,22)(H2,20,23,24). The number of ether oxygens (including phenoxy) is 2. The maximum Gasteiger partial charge on any atom is 0.419 e. The summed E-state index contributed by atoms with van der Waals surface area (Å²) in [6.07, 6.45) is -2.32. The first kappa shape index (κ1) is 22.0. The summed E-state index contributed by atoms with van der Waals surface area (Å²) in [5.41, 5.74) is -0.781. The van der Waals surface area contributed by atoms with Gasteiger partial charge in [-0.15, -0.1) is 0 Å². The van der Waals surface area contributed by atoms with Crippen LogP contribution in [-0.2, 0) is 15.7 Å². The summed E-state index contributed by atoms with van der Waals surface area (Å²) in [5.74, 6) is 0.388. The van der Waals surface area contributed by atoms with Gasteiger partial charge < -0.3 is 25.4 Å². The number of rotatable bonds is 11. The summed E-state index contributed by atoms with van der Waals surface area (Å²) >= 11 is 0. The van der Waals surface area contributed by atoms with Crippen molar-refractivity contribution in [2.45, 2.75) is 12.6 Å². The van der Waals surface area contributed by atoms with E-state index in [9.17, 15) is 13.2 Å². The van der Waals surface area contributed by atoms with Crippen LogP contribution >= 0.6 is 0 Å². The number of aromatic nitrogens is 1. The molecule has 26 heavy (non-hydrogen) atoms.